The zero-order valence-corrected chi connectivity index (χ0v) is 11.8. The molecule has 1 fully saturated rings. The van der Waals surface area contributed by atoms with Crippen LogP contribution in [0.2, 0.25) is 0 Å². The lowest BCUT2D eigenvalue weighted by Crippen LogP contribution is -2.47. The van der Waals surface area contributed by atoms with E-state index >= 15 is 0 Å². The second-order valence-electron chi connectivity index (χ2n) is 4.22. The molecule has 0 saturated carbocycles. The molecule has 0 aliphatic carbocycles. The van der Waals surface area contributed by atoms with Crippen LogP contribution in [0.5, 0.6) is 0 Å². The van der Waals surface area contributed by atoms with Crippen molar-refractivity contribution in [1.29, 1.82) is 0 Å². The van der Waals surface area contributed by atoms with Gasteiger partial charge in [0, 0.05) is 29.7 Å². The van der Waals surface area contributed by atoms with E-state index in [1.807, 2.05) is 7.05 Å². The molecule has 1 aliphatic rings. The van der Waals surface area contributed by atoms with Gasteiger partial charge in [-0.15, -0.1) is 0 Å². The maximum absolute atomic E-state index is 13.6. The summed E-state index contributed by atoms with van der Waals surface area (Å²) in [4.78, 5) is 16.0. The van der Waals surface area contributed by atoms with Gasteiger partial charge in [-0.3, -0.25) is 4.79 Å². The average molecular weight is 348 g/mol. The molecule has 0 atom stereocenters. The number of likely N-dealkylation sites (N-methyl/N-ethyl adjacent to an activating group) is 1. The molecule has 0 aromatic heterocycles. The van der Waals surface area contributed by atoms with Gasteiger partial charge in [-0.1, -0.05) is 0 Å². The number of carbonyl (C=O) groups is 1. The summed E-state index contributed by atoms with van der Waals surface area (Å²) in [5.41, 5.74) is 0.182. The first-order chi connectivity index (χ1) is 8.08. The minimum atomic E-state index is -0.436. The van der Waals surface area contributed by atoms with Gasteiger partial charge in [-0.25, -0.2) is 4.39 Å². The third-order valence-corrected chi connectivity index (χ3v) is 3.62. The Morgan fingerprint density at radius 3 is 2.59 bits per heavy atom. The third kappa shape index (κ3) is 2.95. The molecule has 1 saturated heterocycles. The van der Waals surface area contributed by atoms with E-state index in [-0.39, 0.29) is 11.5 Å². The van der Waals surface area contributed by atoms with Gasteiger partial charge in [0.05, 0.1) is 5.56 Å². The normalized spacial score (nSPS) is 17.2. The van der Waals surface area contributed by atoms with Gasteiger partial charge in [0.1, 0.15) is 5.82 Å². The number of piperazine rings is 1. The number of hydrogen-bond donors (Lipinski definition) is 0. The molecular weight excluding hydrogens is 334 g/mol. The van der Waals surface area contributed by atoms with Crippen LogP contribution in [-0.2, 0) is 0 Å². The van der Waals surface area contributed by atoms with Crippen LogP contribution in [0, 0.1) is 9.39 Å². The highest BCUT2D eigenvalue weighted by atomic mass is 127. The van der Waals surface area contributed by atoms with E-state index in [0.717, 1.165) is 16.7 Å². The summed E-state index contributed by atoms with van der Waals surface area (Å²) in [6, 6.07) is 4.62. The number of hydrogen-bond acceptors (Lipinski definition) is 2. The molecule has 2 rings (SSSR count). The molecule has 0 unspecified atom stereocenters. The van der Waals surface area contributed by atoms with Gasteiger partial charge < -0.3 is 9.80 Å². The fourth-order valence-electron chi connectivity index (χ4n) is 1.84. The molecular formula is C12H14FIN2O. The molecule has 0 radical (unpaired) electrons. The van der Waals surface area contributed by atoms with Gasteiger partial charge in [0.15, 0.2) is 0 Å². The Morgan fingerprint density at radius 2 is 1.94 bits per heavy atom. The van der Waals surface area contributed by atoms with E-state index in [2.05, 4.69) is 27.5 Å². The van der Waals surface area contributed by atoms with Gasteiger partial charge in [0.2, 0.25) is 0 Å². The Balaban J connectivity index is 2.16. The Morgan fingerprint density at radius 1 is 1.29 bits per heavy atom. The van der Waals surface area contributed by atoms with Crippen molar-refractivity contribution in [3.8, 4) is 0 Å². The van der Waals surface area contributed by atoms with E-state index in [0.29, 0.717) is 13.1 Å². The van der Waals surface area contributed by atoms with Crippen LogP contribution < -0.4 is 0 Å². The predicted octanol–water partition coefficient (Wildman–Crippen LogP) is 1.82. The van der Waals surface area contributed by atoms with Crippen LogP contribution in [0.4, 0.5) is 4.39 Å². The maximum atomic E-state index is 13.6. The lowest BCUT2D eigenvalue weighted by Gasteiger charge is -2.32. The second-order valence-corrected chi connectivity index (χ2v) is 5.47. The van der Waals surface area contributed by atoms with Crippen molar-refractivity contribution in [2.75, 3.05) is 33.2 Å². The largest absolute Gasteiger partial charge is 0.336 e. The number of benzene rings is 1. The molecule has 1 aliphatic heterocycles. The summed E-state index contributed by atoms with van der Waals surface area (Å²) in [5.74, 6) is -0.636. The van der Waals surface area contributed by atoms with E-state index in [1.54, 1.807) is 17.0 Å². The number of carbonyl (C=O) groups excluding carboxylic acids is 1. The summed E-state index contributed by atoms with van der Waals surface area (Å²) < 4.78 is 14.5. The highest BCUT2D eigenvalue weighted by molar-refractivity contribution is 14.1. The lowest BCUT2D eigenvalue weighted by molar-refractivity contribution is 0.0659. The topological polar surface area (TPSA) is 23.6 Å². The lowest BCUT2D eigenvalue weighted by atomic mass is 10.1. The number of amides is 1. The fraction of sp³-hybridized carbons (Fsp3) is 0.417. The predicted molar refractivity (Wildman–Crippen MR) is 72.5 cm³/mol. The molecule has 1 amide bonds. The second kappa shape index (κ2) is 5.30. The van der Waals surface area contributed by atoms with Crippen LogP contribution in [0.15, 0.2) is 18.2 Å². The van der Waals surface area contributed by atoms with Gasteiger partial charge in [-0.05, 0) is 47.8 Å². The summed E-state index contributed by atoms with van der Waals surface area (Å²) in [6.07, 6.45) is 0. The highest BCUT2D eigenvalue weighted by Gasteiger charge is 2.22. The van der Waals surface area contributed by atoms with Crippen molar-refractivity contribution >= 4 is 28.5 Å². The van der Waals surface area contributed by atoms with E-state index in [1.165, 1.54) is 6.07 Å². The van der Waals surface area contributed by atoms with Crippen molar-refractivity contribution in [2.24, 2.45) is 0 Å². The highest BCUT2D eigenvalue weighted by Crippen LogP contribution is 2.15. The first-order valence-electron chi connectivity index (χ1n) is 5.51. The summed E-state index contributed by atoms with van der Waals surface area (Å²) in [7, 11) is 2.02. The zero-order valence-electron chi connectivity index (χ0n) is 9.62. The van der Waals surface area contributed by atoms with Crippen molar-refractivity contribution in [3.63, 3.8) is 0 Å². The SMILES string of the molecule is CN1CCN(C(=O)c2cc(I)ccc2F)CC1. The molecule has 1 heterocycles. The Kier molecular flexibility index (Phi) is 3.98. The number of nitrogens with zero attached hydrogens (tertiary/aromatic N) is 2. The number of halogens is 2. The van der Waals surface area contributed by atoms with Gasteiger partial charge in [0.25, 0.3) is 5.91 Å². The smallest absolute Gasteiger partial charge is 0.256 e. The summed E-state index contributed by atoms with van der Waals surface area (Å²) in [6.45, 7) is 3.02. The standard InChI is InChI=1S/C12H14FIN2O/c1-15-4-6-16(7-5-15)12(17)10-8-9(14)2-3-11(10)13/h2-3,8H,4-7H2,1H3. The minimum absolute atomic E-state index is 0.182. The molecule has 3 nitrogen and oxygen atoms in total. The van der Waals surface area contributed by atoms with Gasteiger partial charge in [-0.2, -0.15) is 0 Å². The van der Waals surface area contributed by atoms with E-state index in [4.69, 9.17) is 0 Å². The zero-order chi connectivity index (χ0) is 12.4. The van der Waals surface area contributed by atoms with Crippen LogP contribution in [0.25, 0.3) is 0 Å². The molecule has 92 valence electrons. The van der Waals surface area contributed by atoms with Crippen LogP contribution in [-0.4, -0.2) is 48.9 Å². The molecule has 0 N–H and O–H groups in total. The van der Waals surface area contributed by atoms with Gasteiger partial charge >= 0.3 is 0 Å². The van der Waals surface area contributed by atoms with Crippen LogP contribution in [0.3, 0.4) is 0 Å². The molecule has 1 aromatic carbocycles. The average Bonchev–Trinajstić information content (AvgIpc) is 2.32. The monoisotopic (exact) mass is 348 g/mol. The molecule has 0 bridgehead atoms. The van der Waals surface area contributed by atoms with E-state index in [9.17, 15) is 9.18 Å². The first kappa shape index (κ1) is 12.8. The molecule has 17 heavy (non-hydrogen) atoms. The van der Waals surface area contributed by atoms with E-state index < -0.39 is 5.82 Å². The maximum Gasteiger partial charge on any atom is 0.256 e. The first-order valence-corrected chi connectivity index (χ1v) is 6.58. The molecule has 1 aromatic rings. The van der Waals surface area contributed by atoms with Crippen LogP contribution in [0.1, 0.15) is 10.4 Å². The fourth-order valence-corrected chi connectivity index (χ4v) is 2.33. The van der Waals surface area contributed by atoms with Crippen molar-refractivity contribution in [1.82, 2.24) is 9.80 Å². The van der Waals surface area contributed by atoms with Crippen molar-refractivity contribution in [3.05, 3.63) is 33.1 Å². The van der Waals surface area contributed by atoms with Crippen molar-refractivity contribution < 1.29 is 9.18 Å². The summed E-state index contributed by atoms with van der Waals surface area (Å²) >= 11 is 2.08. The van der Waals surface area contributed by atoms with Crippen molar-refractivity contribution in [2.45, 2.75) is 0 Å². The summed E-state index contributed by atoms with van der Waals surface area (Å²) in [5, 5.41) is 0. The third-order valence-electron chi connectivity index (χ3n) is 2.95. The quantitative estimate of drug-likeness (QED) is 0.723. The minimum Gasteiger partial charge on any atom is -0.336 e. The number of rotatable bonds is 1. The van der Waals surface area contributed by atoms with Crippen LogP contribution >= 0.6 is 22.6 Å². The molecule has 5 heteroatoms. The molecule has 0 spiro atoms. The Labute approximate surface area is 114 Å². The Bertz CT molecular complexity index is 431. The Hall–Kier alpha value is -0.690.